The van der Waals surface area contributed by atoms with Crippen molar-refractivity contribution in [1.29, 1.82) is 0 Å². The number of carboxylic acid groups (broad SMARTS) is 1. The summed E-state index contributed by atoms with van der Waals surface area (Å²) in [7, 11) is 0. The Labute approximate surface area is 145 Å². The van der Waals surface area contributed by atoms with Crippen molar-refractivity contribution < 1.29 is 29.3 Å². The lowest BCUT2D eigenvalue weighted by molar-refractivity contribution is -0.164. The normalized spacial score (nSPS) is 55.8. The van der Waals surface area contributed by atoms with Crippen LogP contribution in [0.25, 0.3) is 0 Å². The fraction of sp³-hybridized carbons (Fsp3) is 0.737. The largest absolute Gasteiger partial charge is 0.481 e. The third-order valence-corrected chi connectivity index (χ3v) is 8.33. The summed E-state index contributed by atoms with van der Waals surface area (Å²) >= 11 is 0. The van der Waals surface area contributed by atoms with Crippen molar-refractivity contribution in [1.82, 2.24) is 0 Å². The zero-order valence-electron chi connectivity index (χ0n) is 14.2. The molecule has 4 aliphatic carbocycles. The Morgan fingerprint density at radius 1 is 1.36 bits per heavy atom. The van der Waals surface area contributed by atoms with Crippen LogP contribution in [0, 0.1) is 34.5 Å². The lowest BCUT2D eigenvalue weighted by Gasteiger charge is -2.44. The highest BCUT2D eigenvalue weighted by atomic mass is 16.6. The van der Waals surface area contributed by atoms with Crippen LogP contribution < -0.4 is 0 Å². The quantitative estimate of drug-likeness (QED) is 0.548. The van der Waals surface area contributed by atoms with Gasteiger partial charge >= 0.3 is 11.9 Å². The Bertz CT molecular complexity index is 757. The molecular weight excluding hydrogens is 324 g/mol. The first-order valence-corrected chi connectivity index (χ1v) is 9.03. The molecular formula is C19H22O6. The third-order valence-electron chi connectivity index (χ3n) is 8.33. The highest BCUT2D eigenvalue weighted by Crippen LogP contribution is 2.77. The van der Waals surface area contributed by atoms with E-state index in [2.05, 4.69) is 6.58 Å². The Morgan fingerprint density at radius 2 is 2.08 bits per heavy atom. The van der Waals surface area contributed by atoms with Crippen molar-refractivity contribution in [3.63, 3.8) is 0 Å². The summed E-state index contributed by atoms with van der Waals surface area (Å²) in [4.78, 5) is 37.8. The van der Waals surface area contributed by atoms with E-state index < -0.39 is 46.3 Å². The van der Waals surface area contributed by atoms with Gasteiger partial charge in [0.15, 0.2) is 0 Å². The number of ketones is 1. The minimum absolute atomic E-state index is 0.0954. The van der Waals surface area contributed by atoms with E-state index in [0.717, 1.165) is 5.57 Å². The predicted octanol–water partition coefficient (Wildman–Crippen LogP) is 1.32. The molecule has 1 saturated heterocycles. The van der Waals surface area contributed by atoms with Crippen LogP contribution in [0.15, 0.2) is 12.2 Å². The van der Waals surface area contributed by atoms with Crippen LogP contribution in [0.5, 0.6) is 0 Å². The van der Waals surface area contributed by atoms with Gasteiger partial charge in [0.25, 0.3) is 0 Å². The number of aliphatic carboxylic acids is 1. The van der Waals surface area contributed by atoms with Gasteiger partial charge in [-0.25, -0.2) is 0 Å². The van der Waals surface area contributed by atoms with Gasteiger partial charge in [0.05, 0.1) is 17.4 Å². The lowest BCUT2D eigenvalue weighted by atomic mass is 9.59. The SMILES string of the molecule is C=C1CC23CC1C(=O)CC2C12CCC(O)C(C)(C(=O)O1)C2C3C(=O)O. The molecule has 1 aliphatic heterocycles. The Morgan fingerprint density at radius 3 is 2.76 bits per heavy atom. The topological polar surface area (TPSA) is 101 Å². The van der Waals surface area contributed by atoms with Gasteiger partial charge in [-0.3, -0.25) is 14.4 Å². The van der Waals surface area contributed by atoms with E-state index in [1.165, 1.54) is 0 Å². The van der Waals surface area contributed by atoms with Gasteiger partial charge in [-0.1, -0.05) is 12.2 Å². The van der Waals surface area contributed by atoms with Gasteiger partial charge in [0.2, 0.25) is 0 Å². The molecule has 1 heterocycles. The molecule has 2 N–H and O–H groups in total. The molecule has 5 aliphatic rings. The van der Waals surface area contributed by atoms with Gasteiger partial charge < -0.3 is 14.9 Å². The molecule has 134 valence electrons. The second kappa shape index (κ2) is 4.17. The molecule has 6 nitrogen and oxygen atoms in total. The van der Waals surface area contributed by atoms with Crippen LogP contribution in [-0.4, -0.2) is 39.6 Å². The van der Waals surface area contributed by atoms with Crippen LogP contribution in [0.1, 0.15) is 39.0 Å². The van der Waals surface area contributed by atoms with Crippen molar-refractivity contribution in [2.24, 2.45) is 34.5 Å². The summed E-state index contributed by atoms with van der Waals surface area (Å²) < 4.78 is 5.90. The number of aliphatic hydroxyl groups is 1. The van der Waals surface area contributed by atoms with E-state index in [1.807, 2.05) is 0 Å². The van der Waals surface area contributed by atoms with Crippen molar-refractivity contribution in [3.8, 4) is 0 Å². The summed E-state index contributed by atoms with van der Waals surface area (Å²) in [6.07, 6.45) is 1.18. The number of aliphatic hydroxyl groups excluding tert-OH is 1. The van der Waals surface area contributed by atoms with Gasteiger partial charge in [0, 0.05) is 24.2 Å². The summed E-state index contributed by atoms with van der Waals surface area (Å²) in [5.41, 5.74) is -1.91. The molecule has 8 unspecified atom stereocenters. The number of hydrogen-bond acceptors (Lipinski definition) is 5. The van der Waals surface area contributed by atoms with Crippen LogP contribution in [0.2, 0.25) is 0 Å². The molecule has 0 aromatic rings. The van der Waals surface area contributed by atoms with E-state index in [1.54, 1.807) is 6.92 Å². The molecule has 1 spiro atoms. The number of hydrogen-bond donors (Lipinski definition) is 2. The molecule has 8 atom stereocenters. The number of esters is 1. The maximum absolute atomic E-state index is 12.7. The molecule has 5 rings (SSSR count). The average Bonchev–Trinajstić information content (AvgIpc) is 3.02. The highest BCUT2D eigenvalue weighted by Gasteiger charge is 2.83. The van der Waals surface area contributed by atoms with Gasteiger partial charge in [0.1, 0.15) is 11.4 Å². The third kappa shape index (κ3) is 1.39. The van der Waals surface area contributed by atoms with Gasteiger partial charge in [-0.2, -0.15) is 0 Å². The van der Waals surface area contributed by atoms with Gasteiger partial charge in [-0.05, 0) is 38.0 Å². The Hall–Kier alpha value is -1.69. The number of carbonyl (C=O) groups excluding carboxylic acids is 2. The summed E-state index contributed by atoms with van der Waals surface area (Å²) in [6.45, 7) is 5.70. The zero-order chi connectivity index (χ0) is 17.9. The molecule has 0 aromatic carbocycles. The van der Waals surface area contributed by atoms with Crippen LogP contribution in [-0.2, 0) is 19.1 Å². The molecule has 4 bridgehead atoms. The van der Waals surface area contributed by atoms with Crippen molar-refractivity contribution in [2.75, 3.05) is 0 Å². The number of allylic oxidation sites excluding steroid dienone is 1. The predicted molar refractivity (Wildman–Crippen MR) is 84.2 cm³/mol. The zero-order valence-corrected chi connectivity index (χ0v) is 14.2. The summed E-state index contributed by atoms with van der Waals surface area (Å²) in [5.74, 6) is -3.28. The fourth-order valence-electron chi connectivity index (χ4n) is 7.41. The standard InChI is InChI=1S/C19H22O6/c1-8-6-18-7-9(8)10(20)5-11(18)19-4-3-12(21)17(2,16(24)25-19)14(19)13(18)15(22)23/h9,11-14,21H,1,3-7H2,2H3,(H,22,23). The van der Waals surface area contributed by atoms with Gasteiger partial charge in [-0.15, -0.1) is 0 Å². The highest BCUT2D eigenvalue weighted by molar-refractivity contribution is 5.90. The van der Waals surface area contributed by atoms with E-state index in [4.69, 9.17) is 4.74 Å². The second-order valence-corrected chi connectivity index (χ2v) is 9.02. The molecule has 0 radical (unpaired) electrons. The van der Waals surface area contributed by atoms with Crippen molar-refractivity contribution >= 4 is 17.7 Å². The number of carboxylic acids is 1. The number of ether oxygens (including phenoxy) is 1. The van der Waals surface area contributed by atoms with E-state index in [0.29, 0.717) is 25.7 Å². The molecule has 5 fully saturated rings. The number of Topliss-reactive ketones (excluding diaryl/α,β-unsaturated/α-hetero) is 1. The van der Waals surface area contributed by atoms with E-state index in [9.17, 15) is 24.6 Å². The van der Waals surface area contributed by atoms with Crippen LogP contribution in [0.3, 0.4) is 0 Å². The molecule has 4 saturated carbocycles. The van der Waals surface area contributed by atoms with E-state index >= 15 is 0 Å². The number of fused-ring (bicyclic) bond motifs is 1. The first-order chi connectivity index (χ1) is 11.7. The maximum atomic E-state index is 12.7. The van der Waals surface area contributed by atoms with Crippen molar-refractivity contribution in [3.05, 3.63) is 12.2 Å². The molecule has 25 heavy (non-hydrogen) atoms. The van der Waals surface area contributed by atoms with Crippen LogP contribution in [0.4, 0.5) is 0 Å². The summed E-state index contributed by atoms with van der Waals surface area (Å²) in [5, 5.41) is 20.7. The molecule has 0 aromatic heterocycles. The average molecular weight is 346 g/mol. The lowest BCUT2D eigenvalue weighted by Crippen LogP contribution is -2.53. The summed E-state index contributed by atoms with van der Waals surface area (Å²) in [6, 6.07) is 0. The monoisotopic (exact) mass is 346 g/mol. The minimum Gasteiger partial charge on any atom is -0.481 e. The first-order valence-electron chi connectivity index (χ1n) is 9.03. The minimum atomic E-state index is -1.21. The van der Waals surface area contributed by atoms with Crippen molar-refractivity contribution in [2.45, 2.75) is 50.7 Å². The Kier molecular flexibility index (Phi) is 2.59. The second-order valence-electron chi connectivity index (χ2n) is 9.02. The first kappa shape index (κ1) is 15.6. The van der Waals surface area contributed by atoms with E-state index in [-0.39, 0.29) is 24.0 Å². The number of carbonyl (C=O) groups is 3. The molecule has 6 heteroatoms. The maximum Gasteiger partial charge on any atom is 0.315 e. The number of rotatable bonds is 1. The fourth-order valence-corrected chi connectivity index (χ4v) is 7.41. The Balaban J connectivity index is 1.77. The smallest absolute Gasteiger partial charge is 0.315 e. The van der Waals surface area contributed by atoms with Crippen LogP contribution >= 0.6 is 0 Å². The molecule has 0 amide bonds.